The molecule has 3 rings (SSSR count). The molecule has 6 nitrogen and oxygen atoms in total. The highest BCUT2D eigenvalue weighted by molar-refractivity contribution is 6.43. The standard InChI is InChI=1S/C24H27N3O3/c1-16-13-17(2)15-21(14-16)30-12-11-26(5)24(29)23(28)22-18(3)25-27(19(22)4)20-9-7-6-8-10-20/h6-10,13-15H,11-12H2,1-5H3. The highest BCUT2D eigenvalue weighted by atomic mass is 16.5. The first-order chi connectivity index (χ1) is 14.3. The minimum Gasteiger partial charge on any atom is -0.492 e. The summed E-state index contributed by atoms with van der Waals surface area (Å²) in [6.07, 6.45) is 0. The number of likely N-dealkylation sites (N-methyl/N-ethyl adjacent to an activating group) is 1. The number of aryl methyl sites for hydroxylation is 3. The van der Waals surface area contributed by atoms with Crippen LogP contribution in [0.15, 0.2) is 48.5 Å². The predicted octanol–water partition coefficient (Wildman–Crippen LogP) is 3.83. The molecule has 1 aromatic heterocycles. The number of carbonyl (C=O) groups excluding carboxylic acids is 2. The Balaban J connectivity index is 1.68. The van der Waals surface area contributed by atoms with Gasteiger partial charge in [-0.15, -0.1) is 0 Å². The molecule has 0 saturated carbocycles. The summed E-state index contributed by atoms with van der Waals surface area (Å²) in [5, 5.41) is 4.46. The van der Waals surface area contributed by atoms with E-state index in [0.29, 0.717) is 30.1 Å². The van der Waals surface area contributed by atoms with Crippen molar-refractivity contribution in [3.8, 4) is 11.4 Å². The average molecular weight is 405 g/mol. The van der Waals surface area contributed by atoms with Crippen LogP contribution in [0.4, 0.5) is 0 Å². The number of benzene rings is 2. The number of nitrogens with zero attached hydrogens (tertiary/aromatic N) is 3. The van der Waals surface area contributed by atoms with E-state index >= 15 is 0 Å². The Bertz CT molecular complexity index is 1050. The van der Waals surface area contributed by atoms with Gasteiger partial charge in [-0.25, -0.2) is 4.68 Å². The van der Waals surface area contributed by atoms with Crippen molar-refractivity contribution in [3.63, 3.8) is 0 Å². The summed E-state index contributed by atoms with van der Waals surface area (Å²) in [6, 6.07) is 15.5. The lowest BCUT2D eigenvalue weighted by Gasteiger charge is -2.17. The molecule has 30 heavy (non-hydrogen) atoms. The fourth-order valence-electron chi connectivity index (χ4n) is 3.49. The van der Waals surface area contributed by atoms with Gasteiger partial charge in [-0.2, -0.15) is 5.10 Å². The number of aromatic nitrogens is 2. The van der Waals surface area contributed by atoms with E-state index in [4.69, 9.17) is 4.74 Å². The Morgan fingerprint density at radius 3 is 2.27 bits per heavy atom. The van der Waals surface area contributed by atoms with Gasteiger partial charge in [0.15, 0.2) is 0 Å². The molecule has 0 spiro atoms. The van der Waals surface area contributed by atoms with Gasteiger partial charge in [0, 0.05) is 7.05 Å². The van der Waals surface area contributed by atoms with E-state index in [9.17, 15) is 9.59 Å². The Labute approximate surface area is 177 Å². The number of hydrogen-bond donors (Lipinski definition) is 0. The summed E-state index contributed by atoms with van der Waals surface area (Å²) < 4.78 is 7.46. The Morgan fingerprint density at radius 2 is 1.63 bits per heavy atom. The van der Waals surface area contributed by atoms with Crippen LogP contribution in [0.3, 0.4) is 0 Å². The first kappa shape index (κ1) is 21.3. The third-order valence-electron chi connectivity index (χ3n) is 4.95. The molecule has 0 N–H and O–H groups in total. The maximum atomic E-state index is 12.9. The number of amides is 1. The Kier molecular flexibility index (Phi) is 6.35. The molecule has 0 aliphatic carbocycles. The number of hydrogen-bond acceptors (Lipinski definition) is 4. The van der Waals surface area contributed by atoms with Gasteiger partial charge in [0.1, 0.15) is 12.4 Å². The Hall–Kier alpha value is -3.41. The second-order valence-electron chi connectivity index (χ2n) is 7.52. The van der Waals surface area contributed by atoms with Crippen LogP contribution in [-0.4, -0.2) is 46.6 Å². The van der Waals surface area contributed by atoms with Crippen molar-refractivity contribution in [2.45, 2.75) is 27.7 Å². The molecular formula is C24H27N3O3. The van der Waals surface area contributed by atoms with Crippen molar-refractivity contribution in [1.29, 1.82) is 0 Å². The molecule has 156 valence electrons. The molecule has 0 bridgehead atoms. The van der Waals surface area contributed by atoms with Crippen LogP contribution in [-0.2, 0) is 4.79 Å². The molecule has 0 atom stereocenters. The summed E-state index contributed by atoms with van der Waals surface area (Å²) in [5.74, 6) is -0.366. The third kappa shape index (κ3) is 4.59. The zero-order valence-corrected chi connectivity index (χ0v) is 18.1. The van der Waals surface area contributed by atoms with E-state index in [1.807, 2.05) is 56.3 Å². The van der Waals surface area contributed by atoms with Crippen molar-refractivity contribution in [3.05, 3.63) is 76.6 Å². The first-order valence-corrected chi connectivity index (χ1v) is 9.90. The summed E-state index contributed by atoms with van der Waals surface area (Å²) in [5.41, 5.74) is 4.62. The van der Waals surface area contributed by atoms with Gasteiger partial charge in [0.2, 0.25) is 0 Å². The predicted molar refractivity (Wildman–Crippen MR) is 116 cm³/mol. The number of Topliss-reactive ketones (excluding diaryl/α,β-unsaturated/α-hetero) is 1. The summed E-state index contributed by atoms with van der Waals surface area (Å²) in [6.45, 7) is 8.18. The number of ketones is 1. The largest absolute Gasteiger partial charge is 0.492 e. The quantitative estimate of drug-likeness (QED) is 0.443. The number of para-hydroxylation sites is 1. The lowest BCUT2D eigenvalue weighted by atomic mass is 10.1. The van der Waals surface area contributed by atoms with Gasteiger partial charge < -0.3 is 9.64 Å². The Morgan fingerprint density at radius 1 is 1.00 bits per heavy atom. The van der Waals surface area contributed by atoms with Gasteiger partial charge >= 0.3 is 0 Å². The van der Waals surface area contributed by atoms with E-state index < -0.39 is 11.7 Å². The van der Waals surface area contributed by atoms with Crippen LogP contribution in [0.1, 0.15) is 32.9 Å². The highest BCUT2D eigenvalue weighted by Crippen LogP contribution is 2.19. The van der Waals surface area contributed by atoms with E-state index in [1.165, 1.54) is 4.90 Å². The molecule has 1 amide bonds. The van der Waals surface area contributed by atoms with E-state index in [1.54, 1.807) is 25.6 Å². The van der Waals surface area contributed by atoms with Crippen molar-refractivity contribution >= 4 is 11.7 Å². The molecule has 0 unspecified atom stereocenters. The third-order valence-corrected chi connectivity index (χ3v) is 4.95. The number of rotatable bonds is 7. The molecule has 0 aliphatic heterocycles. The van der Waals surface area contributed by atoms with Crippen LogP contribution in [0, 0.1) is 27.7 Å². The fraction of sp³-hybridized carbons (Fsp3) is 0.292. The molecule has 0 radical (unpaired) electrons. The smallest absolute Gasteiger partial charge is 0.294 e. The minimum absolute atomic E-state index is 0.305. The molecule has 0 fully saturated rings. The molecule has 2 aromatic carbocycles. The molecule has 6 heteroatoms. The molecule has 0 saturated heterocycles. The SMILES string of the molecule is Cc1cc(C)cc(OCCN(C)C(=O)C(=O)c2c(C)nn(-c3ccccc3)c2C)c1. The highest BCUT2D eigenvalue weighted by Gasteiger charge is 2.27. The second-order valence-corrected chi connectivity index (χ2v) is 7.52. The number of ether oxygens (including phenoxy) is 1. The molecule has 0 aliphatic rings. The molecular weight excluding hydrogens is 378 g/mol. The molecule has 1 heterocycles. The van der Waals surface area contributed by atoms with Crippen LogP contribution < -0.4 is 4.74 Å². The maximum Gasteiger partial charge on any atom is 0.294 e. The van der Waals surface area contributed by atoms with Crippen LogP contribution in [0.5, 0.6) is 5.75 Å². The lowest BCUT2D eigenvalue weighted by molar-refractivity contribution is -0.125. The maximum absolute atomic E-state index is 12.9. The van der Waals surface area contributed by atoms with E-state index in [-0.39, 0.29) is 0 Å². The fourth-order valence-corrected chi connectivity index (χ4v) is 3.49. The van der Waals surface area contributed by atoms with Crippen molar-refractivity contribution in [2.24, 2.45) is 0 Å². The zero-order valence-electron chi connectivity index (χ0n) is 18.1. The van der Waals surface area contributed by atoms with Gasteiger partial charge in [-0.3, -0.25) is 9.59 Å². The van der Waals surface area contributed by atoms with Gasteiger partial charge in [0.25, 0.3) is 11.7 Å². The van der Waals surface area contributed by atoms with E-state index in [2.05, 4.69) is 11.2 Å². The first-order valence-electron chi connectivity index (χ1n) is 9.90. The second kappa shape index (κ2) is 8.95. The van der Waals surface area contributed by atoms with Crippen LogP contribution >= 0.6 is 0 Å². The van der Waals surface area contributed by atoms with Gasteiger partial charge in [0.05, 0.1) is 29.2 Å². The summed E-state index contributed by atoms with van der Waals surface area (Å²) in [4.78, 5) is 27.0. The monoisotopic (exact) mass is 405 g/mol. The molecule has 3 aromatic rings. The van der Waals surface area contributed by atoms with Crippen molar-refractivity contribution in [2.75, 3.05) is 20.2 Å². The van der Waals surface area contributed by atoms with E-state index in [0.717, 1.165) is 22.6 Å². The van der Waals surface area contributed by atoms with Crippen molar-refractivity contribution < 1.29 is 14.3 Å². The summed E-state index contributed by atoms with van der Waals surface area (Å²) in [7, 11) is 1.61. The van der Waals surface area contributed by atoms with Crippen molar-refractivity contribution in [1.82, 2.24) is 14.7 Å². The minimum atomic E-state index is -0.571. The lowest BCUT2D eigenvalue weighted by Crippen LogP contribution is -2.36. The average Bonchev–Trinajstić information content (AvgIpc) is 3.00. The van der Waals surface area contributed by atoms with Crippen LogP contribution in [0.25, 0.3) is 5.69 Å². The number of carbonyl (C=O) groups is 2. The van der Waals surface area contributed by atoms with Crippen LogP contribution in [0.2, 0.25) is 0 Å². The normalized spacial score (nSPS) is 10.7. The van der Waals surface area contributed by atoms with Gasteiger partial charge in [-0.05, 0) is 63.1 Å². The van der Waals surface area contributed by atoms with Gasteiger partial charge in [-0.1, -0.05) is 24.3 Å². The topological polar surface area (TPSA) is 64.4 Å². The zero-order chi connectivity index (χ0) is 21.8. The summed E-state index contributed by atoms with van der Waals surface area (Å²) >= 11 is 0.